The highest BCUT2D eigenvalue weighted by atomic mass is 16.6. The molecule has 1 amide bonds. The summed E-state index contributed by atoms with van der Waals surface area (Å²) in [6.07, 6.45) is 2.72. The lowest BCUT2D eigenvalue weighted by Crippen LogP contribution is -2.41. The number of unbranched alkanes of at least 4 members (excludes halogenated alkanes) is 1. The van der Waals surface area contributed by atoms with Gasteiger partial charge >= 0.3 is 0 Å². The van der Waals surface area contributed by atoms with Gasteiger partial charge in [0.25, 0.3) is 0 Å². The second kappa shape index (κ2) is 7.31. The van der Waals surface area contributed by atoms with Crippen LogP contribution in [-0.4, -0.2) is 25.2 Å². The molecule has 0 saturated heterocycles. The van der Waals surface area contributed by atoms with Gasteiger partial charge in [0.15, 0.2) is 11.5 Å². The van der Waals surface area contributed by atoms with Gasteiger partial charge in [0, 0.05) is 0 Å². The maximum absolute atomic E-state index is 12.0. The number of hydrogen-bond donors (Lipinski definition) is 2. The van der Waals surface area contributed by atoms with E-state index in [1.54, 1.807) is 0 Å². The molecule has 5 heteroatoms. The fraction of sp³-hybridized carbons (Fsp3) is 0.562. The maximum Gasteiger partial charge on any atom is 0.237 e. The van der Waals surface area contributed by atoms with Crippen molar-refractivity contribution in [2.75, 3.05) is 13.2 Å². The molecule has 0 radical (unpaired) electrons. The zero-order chi connectivity index (χ0) is 15.2. The van der Waals surface area contributed by atoms with Crippen LogP contribution in [0.4, 0.5) is 0 Å². The molecule has 116 valence electrons. The number of amides is 1. The number of nitrogens with two attached hydrogens (primary N) is 1. The SMILES string of the molecule is CCCC[C@H](N)C(=O)NC(C)c1ccc2c(c1)OCCO2. The number of hydrogen-bond acceptors (Lipinski definition) is 4. The number of benzene rings is 1. The van der Waals surface area contributed by atoms with Crippen molar-refractivity contribution in [2.45, 2.75) is 45.2 Å². The molecule has 1 unspecified atom stereocenters. The Morgan fingerprint density at radius 2 is 2.05 bits per heavy atom. The fourth-order valence-electron chi connectivity index (χ4n) is 2.29. The first-order valence-corrected chi connectivity index (χ1v) is 7.57. The van der Waals surface area contributed by atoms with Crippen LogP contribution in [0.25, 0.3) is 0 Å². The van der Waals surface area contributed by atoms with Gasteiger partial charge in [-0.05, 0) is 31.0 Å². The first-order chi connectivity index (χ1) is 10.1. The summed E-state index contributed by atoms with van der Waals surface area (Å²) in [7, 11) is 0. The molecule has 0 spiro atoms. The minimum atomic E-state index is -0.440. The predicted octanol–water partition coefficient (Wildman–Crippen LogP) is 2.15. The molecule has 1 heterocycles. The van der Waals surface area contributed by atoms with Crippen molar-refractivity contribution < 1.29 is 14.3 Å². The Morgan fingerprint density at radius 3 is 2.76 bits per heavy atom. The highest BCUT2D eigenvalue weighted by Gasteiger charge is 2.18. The summed E-state index contributed by atoms with van der Waals surface area (Å²) < 4.78 is 11.0. The number of nitrogens with one attached hydrogen (secondary N) is 1. The van der Waals surface area contributed by atoms with Crippen molar-refractivity contribution in [3.05, 3.63) is 23.8 Å². The molecule has 21 heavy (non-hydrogen) atoms. The minimum Gasteiger partial charge on any atom is -0.486 e. The normalized spacial score (nSPS) is 16.1. The molecule has 1 aromatic rings. The molecule has 5 nitrogen and oxygen atoms in total. The summed E-state index contributed by atoms with van der Waals surface area (Å²) in [6.45, 7) is 5.16. The van der Waals surface area contributed by atoms with Gasteiger partial charge in [0.1, 0.15) is 13.2 Å². The van der Waals surface area contributed by atoms with Crippen LogP contribution in [0.2, 0.25) is 0 Å². The van der Waals surface area contributed by atoms with Crippen LogP contribution in [-0.2, 0) is 4.79 Å². The standard InChI is InChI=1S/C16H24N2O3/c1-3-4-5-13(17)16(19)18-11(2)12-6-7-14-15(10-12)21-9-8-20-14/h6-7,10-11,13H,3-5,8-9,17H2,1-2H3,(H,18,19)/t11?,13-/m0/s1. The van der Waals surface area contributed by atoms with Gasteiger partial charge in [0.05, 0.1) is 12.1 Å². The maximum atomic E-state index is 12.0. The van der Waals surface area contributed by atoms with Crippen molar-refractivity contribution in [3.8, 4) is 11.5 Å². The predicted molar refractivity (Wildman–Crippen MR) is 81.5 cm³/mol. The summed E-state index contributed by atoms with van der Waals surface area (Å²) in [5.41, 5.74) is 6.87. The highest BCUT2D eigenvalue weighted by Crippen LogP contribution is 2.32. The monoisotopic (exact) mass is 292 g/mol. The Hall–Kier alpha value is -1.75. The Kier molecular flexibility index (Phi) is 5.44. The Bertz CT molecular complexity index is 490. The van der Waals surface area contributed by atoms with Crippen LogP contribution >= 0.6 is 0 Å². The number of fused-ring (bicyclic) bond motifs is 1. The van der Waals surface area contributed by atoms with Gasteiger partial charge in [-0.25, -0.2) is 0 Å². The van der Waals surface area contributed by atoms with E-state index in [0.29, 0.717) is 13.2 Å². The molecule has 1 aliphatic heterocycles. The minimum absolute atomic E-state index is 0.106. The summed E-state index contributed by atoms with van der Waals surface area (Å²) in [6, 6.07) is 5.18. The van der Waals surface area contributed by atoms with E-state index in [1.165, 1.54) is 0 Å². The quantitative estimate of drug-likeness (QED) is 0.842. The average molecular weight is 292 g/mol. The molecular weight excluding hydrogens is 268 g/mol. The van der Waals surface area contributed by atoms with E-state index >= 15 is 0 Å². The third-order valence-electron chi connectivity index (χ3n) is 3.63. The van der Waals surface area contributed by atoms with E-state index in [0.717, 1.165) is 36.3 Å². The van der Waals surface area contributed by atoms with Crippen molar-refractivity contribution in [1.29, 1.82) is 0 Å². The number of carbonyl (C=O) groups excluding carboxylic acids is 1. The zero-order valence-electron chi connectivity index (χ0n) is 12.7. The smallest absolute Gasteiger partial charge is 0.237 e. The molecule has 0 aromatic heterocycles. The first kappa shape index (κ1) is 15.6. The molecule has 0 aliphatic carbocycles. The highest BCUT2D eigenvalue weighted by molar-refractivity contribution is 5.81. The van der Waals surface area contributed by atoms with Crippen molar-refractivity contribution >= 4 is 5.91 Å². The summed E-state index contributed by atoms with van der Waals surface area (Å²) in [4.78, 5) is 12.0. The van der Waals surface area contributed by atoms with Crippen LogP contribution in [0, 0.1) is 0 Å². The Balaban J connectivity index is 1.96. The fourth-order valence-corrected chi connectivity index (χ4v) is 2.29. The van der Waals surface area contributed by atoms with Crippen molar-refractivity contribution in [3.63, 3.8) is 0 Å². The molecule has 2 atom stereocenters. The van der Waals surface area contributed by atoms with Crippen LogP contribution < -0.4 is 20.5 Å². The number of carbonyl (C=O) groups is 1. The van der Waals surface area contributed by atoms with E-state index in [9.17, 15) is 4.79 Å². The van der Waals surface area contributed by atoms with E-state index in [-0.39, 0.29) is 11.9 Å². The van der Waals surface area contributed by atoms with E-state index in [1.807, 2.05) is 25.1 Å². The Morgan fingerprint density at radius 1 is 1.33 bits per heavy atom. The molecule has 0 fully saturated rings. The van der Waals surface area contributed by atoms with Gasteiger partial charge < -0.3 is 20.5 Å². The van der Waals surface area contributed by atoms with Gasteiger partial charge in [-0.2, -0.15) is 0 Å². The van der Waals surface area contributed by atoms with Gasteiger partial charge in [-0.3, -0.25) is 4.79 Å². The second-order valence-corrected chi connectivity index (χ2v) is 5.38. The molecule has 2 rings (SSSR count). The van der Waals surface area contributed by atoms with Crippen molar-refractivity contribution in [2.24, 2.45) is 5.73 Å². The molecule has 1 aliphatic rings. The van der Waals surface area contributed by atoms with E-state index < -0.39 is 6.04 Å². The van der Waals surface area contributed by atoms with E-state index in [2.05, 4.69) is 12.2 Å². The van der Waals surface area contributed by atoms with Crippen LogP contribution in [0.1, 0.15) is 44.7 Å². The summed E-state index contributed by atoms with van der Waals surface area (Å²) in [5.74, 6) is 1.38. The van der Waals surface area contributed by atoms with Crippen molar-refractivity contribution in [1.82, 2.24) is 5.32 Å². The van der Waals surface area contributed by atoms with Gasteiger partial charge in [0.2, 0.25) is 5.91 Å². The summed E-state index contributed by atoms with van der Waals surface area (Å²) in [5, 5.41) is 2.95. The average Bonchev–Trinajstić information content (AvgIpc) is 2.51. The van der Waals surface area contributed by atoms with E-state index in [4.69, 9.17) is 15.2 Å². The molecule has 1 aromatic carbocycles. The van der Waals surface area contributed by atoms with Gasteiger partial charge in [-0.15, -0.1) is 0 Å². The van der Waals surface area contributed by atoms with Gasteiger partial charge in [-0.1, -0.05) is 25.8 Å². The molecule has 3 N–H and O–H groups in total. The number of ether oxygens (including phenoxy) is 2. The third-order valence-corrected chi connectivity index (χ3v) is 3.63. The summed E-state index contributed by atoms with van der Waals surface area (Å²) >= 11 is 0. The molecule has 0 bridgehead atoms. The zero-order valence-corrected chi connectivity index (χ0v) is 12.7. The lowest BCUT2D eigenvalue weighted by Gasteiger charge is -2.22. The topological polar surface area (TPSA) is 73.6 Å². The van der Waals surface area contributed by atoms with Crippen LogP contribution in [0.5, 0.6) is 11.5 Å². The largest absolute Gasteiger partial charge is 0.486 e. The van der Waals surface area contributed by atoms with Crippen LogP contribution in [0.15, 0.2) is 18.2 Å². The second-order valence-electron chi connectivity index (χ2n) is 5.38. The van der Waals surface area contributed by atoms with Crippen LogP contribution in [0.3, 0.4) is 0 Å². The molecular formula is C16H24N2O3. The first-order valence-electron chi connectivity index (χ1n) is 7.57. The lowest BCUT2D eigenvalue weighted by molar-refractivity contribution is -0.123. The lowest BCUT2D eigenvalue weighted by atomic mass is 10.1. The third kappa shape index (κ3) is 4.11. The number of rotatable bonds is 6. The Labute approximate surface area is 125 Å². The molecule has 0 saturated carbocycles.